The molecule has 0 amide bonds. The van der Waals surface area contributed by atoms with Crippen LogP contribution in [0.4, 0.5) is 0 Å². The van der Waals surface area contributed by atoms with E-state index in [4.69, 9.17) is 0 Å². The SMILES string of the molecule is CC(C)(c1ccccc1)c1cc(C(C)(C)c2ccccc2)c(O)c(C(=O)O)c1O. The number of benzene rings is 3. The van der Waals surface area contributed by atoms with E-state index in [1.54, 1.807) is 6.07 Å². The average molecular weight is 390 g/mol. The molecule has 0 saturated carbocycles. The average Bonchev–Trinajstić information content (AvgIpc) is 2.68. The van der Waals surface area contributed by atoms with Crippen molar-refractivity contribution in [2.45, 2.75) is 38.5 Å². The summed E-state index contributed by atoms with van der Waals surface area (Å²) >= 11 is 0. The Balaban J connectivity index is 2.33. The Hall–Kier alpha value is -3.27. The van der Waals surface area contributed by atoms with Crippen LogP contribution in [0.1, 0.15) is 60.3 Å². The summed E-state index contributed by atoms with van der Waals surface area (Å²) in [5.41, 5.74) is 0.957. The van der Waals surface area contributed by atoms with Gasteiger partial charge in [-0.25, -0.2) is 4.79 Å². The quantitative estimate of drug-likeness (QED) is 0.541. The molecule has 0 spiro atoms. The highest BCUT2D eigenvalue weighted by atomic mass is 16.4. The molecule has 0 fully saturated rings. The third-order valence-electron chi connectivity index (χ3n) is 5.82. The molecule has 0 aromatic heterocycles. The van der Waals surface area contributed by atoms with E-state index in [1.807, 2.05) is 88.4 Å². The number of phenols is 2. The predicted octanol–water partition coefficient (Wildman–Crippen LogP) is 5.45. The Morgan fingerprint density at radius 1 is 0.690 bits per heavy atom. The fourth-order valence-electron chi connectivity index (χ4n) is 3.84. The van der Waals surface area contributed by atoms with Crippen molar-refractivity contribution in [1.29, 1.82) is 0 Å². The maximum Gasteiger partial charge on any atom is 0.343 e. The van der Waals surface area contributed by atoms with Crippen LogP contribution >= 0.6 is 0 Å². The smallest absolute Gasteiger partial charge is 0.343 e. The molecule has 3 rings (SSSR count). The molecule has 150 valence electrons. The van der Waals surface area contributed by atoms with Gasteiger partial charge >= 0.3 is 5.97 Å². The molecule has 0 bridgehead atoms. The van der Waals surface area contributed by atoms with Gasteiger partial charge in [0.15, 0.2) is 0 Å². The largest absolute Gasteiger partial charge is 0.507 e. The molecule has 0 heterocycles. The summed E-state index contributed by atoms with van der Waals surface area (Å²) in [6.45, 7) is 7.72. The zero-order valence-corrected chi connectivity index (χ0v) is 17.1. The van der Waals surface area contributed by atoms with Gasteiger partial charge in [-0.2, -0.15) is 0 Å². The molecule has 0 aliphatic rings. The number of rotatable bonds is 5. The second-order valence-electron chi connectivity index (χ2n) is 8.33. The number of hydrogen-bond acceptors (Lipinski definition) is 3. The molecule has 0 aliphatic heterocycles. The number of aromatic carboxylic acids is 1. The van der Waals surface area contributed by atoms with Gasteiger partial charge in [-0.1, -0.05) is 88.4 Å². The Bertz CT molecular complexity index is 960. The van der Waals surface area contributed by atoms with Crippen molar-refractivity contribution in [3.05, 3.63) is 94.5 Å². The van der Waals surface area contributed by atoms with Crippen LogP contribution < -0.4 is 0 Å². The molecule has 29 heavy (non-hydrogen) atoms. The van der Waals surface area contributed by atoms with Gasteiger partial charge < -0.3 is 15.3 Å². The molecule has 4 heteroatoms. The van der Waals surface area contributed by atoms with Crippen LogP contribution in [-0.2, 0) is 10.8 Å². The van der Waals surface area contributed by atoms with Gasteiger partial charge in [-0.05, 0) is 17.2 Å². The van der Waals surface area contributed by atoms with Crippen molar-refractivity contribution in [3.63, 3.8) is 0 Å². The van der Waals surface area contributed by atoms with Gasteiger partial charge in [-0.15, -0.1) is 0 Å². The third kappa shape index (κ3) is 3.46. The van der Waals surface area contributed by atoms with E-state index in [0.717, 1.165) is 11.1 Å². The number of hydrogen-bond donors (Lipinski definition) is 3. The van der Waals surface area contributed by atoms with Gasteiger partial charge in [0.1, 0.15) is 17.1 Å². The minimum absolute atomic E-state index is 0.406. The van der Waals surface area contributed by atoms with Crippen LogP contribution in [0.5, 0.6) is 11.5 Å². The lowest BCUT2D eigenvalue weighted by Crippen LogP contribution is -2.24. The highest BCUT2D eigenvalue weighted by molar-refractivity contribution is 5.95. The van der Waals surface area contributed by atoms with E-state index >= 15 is 0 Å². The van der Waals surface area contributed by atoms with Crippen LogP contribution in [0.2, 0.25) is 0 Å². The zero-order chi connectivity index (χ0) is 21.4. The van der Waals surface area contributed by atoms with Gasteiger partial charge in [0.2, 0.25) is 0 Å². The molecule has 0 unspecified atom stereocenters. The van der Waals surface area contributed by atoms with Gasteiger partial charge in [0.25, 0.3) is 0 Å². The first-order valence-corrected chi connectivity index (χ1v) is 9.52. The number of carboxylic acids is 1. The molecule has 3 aromatic carbocycles. The van der Waals surface area contributed by atoms with Crippen LogP contribution in [0.3, 0.4) is 0 Å². The van der Waals surface area contributed by atoms with E-state index in [-0.39, 0.29) is 0 Å². The molecule has 3 N–H and O–H groups in total. The van der Waals surface area contributed by atoms with Crippen molar-refractivity contribution >= 4 is 5.97 Å². The summed E-state index contributed by atoms with van der Waals surface area (Å²) in [4.78, 5) is 12.0. The monoisotopic (exact) mass is 390 g/mol. The second kappa shape index (κ2) is 7.28. The van der Waals surface area contributed by atoms with Crippen molar-refractivity contribution in [2.24, 2.45) is 0 Å². The minimum atomic E-state index is -1.36. The molecule has 3 aromatic rings. The third-order valence-corrected chi connectivity index (χ3v) is 5.82. The van der Waals surface area contributed by atoms with E-state index in [9.17, 15) is 20.1 Å². The first-order chi connectivity index (χ1) is 13.6. The second-order valence-corrected chi connectivity index (χ2v) is 8.33. The topological polar surface area (TPSA) is 77.8 Å². The van der Waals surface area contributed by atoms with Crippen molar-refractivity contribution in [1.82, 2.24) is 0 Å². The fraction of sp³-hybridized carbons (Fsp3) is 0.240. The lowest BCUT2D eigenvalue weighted by molar-refractivity contribution is 0.0689. The number of carbonyl (C=O) groups is 1. The van der Waals surface area contributed by atoms with Gasteiger partial charge in [0, 0.05) is 22.0 Å². The Morgan fingerprint density at radius 2 is 1.03 bits per heavy atom. The van der Waals surface area contributed by atoms with Crippen LogP contribution in [0, 0.1) is 0 Å². The fourth-order valence-corrected chi connectivity index (χ4v) is 3.84. The van der Waals surface area contributed by atoms with Crippen LogP contribution in [0.15, 0.2) is 66.7 Å². The number of aromatic hydroxyl groups is 2. The standard InChI is InChI=1S/C25H26O4/c1-24(2,16-11-7-5-8-12-16)18-15-19(22(27)20(21(18)26)23(28)29)25(3,4)17-13-9-6-10-14-17/h5-15,26-27H,1-4H3,(H,28,29). The van der Waals surface area contributed by atoms with Crippen LogP contribution in [0.25, 0.3) is 0 Å². The van der Waals surface area contributed by atoms with Gasteiger partial charge in [-0.3, -0.25) is 0 Å². The Kier molecular flexibility index (Phi) is 5.14. The highest BCUT2D eigenvalue weighted by Crippen LogP contribution is 2.47. The lowest BCUT2D eigenvalue weighted by Gasteiger charge is -2.32. The molecule has 0 saturated heterocycles. The molecule has 0 radical (unpaired) electrons. The first-order valence-electron chi connectivity index (χ1n) is 9.52. The first kappa shape index (κ1) is 20.5. The summed E-state index contributed by atoms with van der Waals surface area (Å²) in [7, 11) is 0. The summed E-state index contributed by atoms with van der Waals surface area (Å²) < 4.78 is 0. The van der Waals surface area contributed by atoms with E-state index < -0.39 is 33.9 Å². The predicted molar refractivity (Wildman–Crippen MR) is 114 cm³/mol. The van der Waals surface area contributed by atoms with E-state index in [0.29, 0.717) is 11.1 Å². The van der Waals surface area contributed by atoms with E-state index in [2.05, 4.69) is 0 Å². The molecule has 0 atom stereocenters. The van der Waals surface area contributed by atoms with Crippen molar-refractivity contribution in [3.8, 4) is 11.5 Å². The number of carboxylic acid groups (broad SMARTS) is 1. The molecular formula is C25H26O4. The van der Waals surface area contributed by atoms with E-state index in [1.165, 1.54) is 0 Å². The summed E-state index contributed by atoms with van der Waals surface area (Å²) in [5.74, 6) is -2.18. The van der Waals surface area contributed by atoms with Crippen LogP contribution in [-0.4, -0.2) is 21.3 Å². The van der Waals surface area contributed by atoms with Crippen molar-refractivity contribution in [2.75, 3.05) is 0 Å². The Labute approximate surface area is 171 Å². The van der Waals surface area contributed by atoms with Crippen molar-refractivity contribution < 1.29 is 20.1 Å². The molecular weight excluding hydrogens is 364 g/mol. The maximum atomic E-state index is 12.0. The maximum absolute atomic E-state index is 12.0. The molecule has 0 aliphatic carbocycles. The lowest BCUT2D eigenvalue weighted by atomic mass is 9.71. The summed E-state index contributed by atoms with van der Waals surface area (Å²) in [5, 5.41) is 31.5. The summed E-state index contributed by atoms with van der Waals surface area (Å²) in [6, 6.07) is 20.9. The zero-order valence-electron chi connectivity index (χ0n) is 17.1. The summed E-state index contributed by atoms with van der Waals surface area (Å²) in [6.07, 6.45) is 0. The highest BCUT2D eigenvalue weighted by Gasteiger charge is 2.36. The van der Waals surface area contributed by atoms with Gasteiger partial charge in [0.05, 0.1) is 0 Å². The normalized spacial score (nSPS) is 12.0. The molecule has 4 nitrogen and oxygen atoms in total. The minimum Gasteiger partial charge on any atom is -0.507 e. The Morgan fingerprint density at radius 3 is 1.34 bits per heavy atom.